The van der Waals surface area contributed by atoms with Gasteiger partial charge in [0.25, 0.3) is 0 Å². The molecule has 0 fully saturated rings. The quantitative estimate of drug-likeness (QED) is 0.672. The predicted molar refractivity (Wildman–Crippen MR) is 107 cm³/mol. The number of nitrogens with zero attached hydrogens (tertiary/aromatic N) is 1. The van der Waals surface area contributed by atoms with Crippen molar-refractivity contribution in [2.24, 2.45) is 0 Å². The molecule has 25 heavy (non-hydrogen) atoms. The van der Waals surface area contributed by atoms with Gasteiger partial charge in [-0.2, -0.15) is 0 Å². The molecule has 138 valence electrons. The van der Waals surface area contributed by atoms with Crippen molar-refractivity contribution < 1.29 is 8.95 Å². The van der Waals surface area contributed by atoms with Crippen LogP contribution >= 0.6 is 0 Å². The molecule has 4 heteroatoms. The monoisotopic (exact) mass is 361 g/mol. The maximum Gasteiger partial charge on any atom is 0.136 e. The van der Waals surface area contributed by atoms with Crippen LogP contribution in [0.3, 0.4) is 0 Å². The Morgan fingerprint density at radius 2 is 1.76 bits per heavy atom. The molecule has 0 aliphatic heterocycles. The minimum atomic E-state index is -1.24. The lowest BCUT2D eigenvalue weighted by Gasteiger charge is -2.22. The number of aryl methyl sites for hydroxylation is 2. The van der Waals surface area contributed by atoms with Crippen molar-refractivity contribution in [1.82, 2.24) is 4.31 Å². The van der Waals surface area contributed by atoms with E-state index in [1.807, 2.05) is 42.4 Å². The van der Waals surface area contributed by atoms with Crippen molar-refractivity contribution in [3.63, 3.8) is 0 Å². The molecule has 0 aliphatic rings. The fourth-order valence-corrected chi connectivity index (χ4v) is 3.93. The van der Waals surface area contributed by atoms with Crippen molar-refractivity contribution in [3.05, 3.63) is 59.2 Å². The van der Waals surface area contributed by atoms with Crippen LogP contribution in [0.4, 0.5) is 0 Å². The first-order chi connectivity index (χ1) is 12.1. The highest BCUT2D eigenvalue weighted by atomic mass is 32.2. The first-order valence-corrected chi connectivity index (χ1v) is 10.0. The third kappa shape index (κ3) is 5.98. The maximum atomic E-state index is 13.1. The highest BCUT2D eigenvalue weighted by Gasteiger charge is 2.19. The summed E-state index contributed by atoms with van der Waals surface area (Å²) in [6, 6.07) is 13.9. The van der Waals surface area contributed by atoms with Crippen LogP contribution in [0.2, 0.25) is 0 Å². The summed E-state index contributed by atoms with van der Waals surface area (Å²) in [5.41, 5.74) is 3.68. The molecule has 2 aromatic rings. The van der Waals surface area contributed by atoms with Gasteiger partial charge in [-0.3, -0.25) is 0 Å². The van der Waals surface area contributed by atoms with E-state index in [1.165, 1.54) is 16.7 Å². The van der Waals surface area contributed by atoms with Crippen molar-refractivity contribution >= 4 is 11.0 Å². The van der Waals surface area contributed by atoms with Crippen LogP contribution in [-0.2, 0) is 17.5 Å². The van der Waals surface area contributed by atoms with E-state index in [4.69, 9.17) is 4.74 Å². The summed E-state index contributed by atoms with van der Waals surface area (Å²) in [6.07, 6.45) is 0.950. The SMILES string of the molecule is CC.CCCN(Cc1cc(C)ccc1C)S(=O)c1ccccc1OC. The smallest absolute Gasteiger partial charge is 0.136 e. The van der Waals surface area contributed by atoms with Crippen LogP contribution in [0.25, 0.3) is 0 Å². The van der Waals surface area contributed by atoms with E-state index in [0.717, 1.165) is 17.9 Å². The topological polar surface area (TPSA) is 29.5 Å². The Labute approximate surface area is 155 Å². The second kappa shape index (κ2) is 11.1. The van der Waals surface area contributed by atoms with Crippen LogP contribution in [0.15, 0.2) is 47.4 Å². The molecule has 1 atom stereocenters. The van der Waals surface area contributed by atoms with Crippen molar-refractivity contribution in [2.75, 3.05) is 13.7 Å². The van der Waals surface area contributed by atoms with Gasteiger partial charge in [-0.25, -0.2) is 8.51 Å². The van der Waals surface area contributed by atoms with Crippen LogP contribution in [0.5, 0.6) is 5.75 Å². The van der Waals surface area contributed by atoms with Crippen molar-refractivity contribution in [1.29, 1.82) is 0 Å². The Kier molecular flexibility index (Phi) is 9.46. The lowest BCUT2D eigenvalue weighted by atomic mass is 10.1. The molecule has 0 aromatic heterocycles. The second-order valence-electron chi connectivity index (χ2n) is 5.69. The molecule has 2 rings (SSSR count). The van der Waals surface area contributed by atoms with Gasteiger partial charge in [0.2, 0.25) is 0 Å². The Bertz CT molecular complexity index is 685. The molecule has 0 heterocycles. The summed E-state index contributed by atoms with van der Waals surface area (Å²) in [4.78, 5) is 0.730. The van der Waals surface area contributed by atoms with E-state index in [1.54, 1.807) is 7.11 Å². The summed E-state index contributed by atoms with van der Waals surface area (Å²) in [5.74, 6) is 0.674. The third-order valence-corrected chi connectivity index (χ3v) is 5.31. The molecular formula is C21H31NO2S. The molecule has 0 aliphatic carbocycles. The lowest BCUT2D eigenvalue weighted by Crippen LogP contribution is -2.27. The van der Waals surface area contributed by atoms with Crippen LogP contribution < -0.4 is 4.74 Å². The van der Waals surface area contributed by atoms with Gasteiger partial charge in [0.05, 0.1) is 12.0 Å². The number of benzene rings is 2. The Morgan fingerprint density at radius 3 is 2.40 bits per heavy atom. The van der Waals surface area contributed by atoms with Gasteiger partial charge in [-0.05, 0) is 43.5 Å². The van der Waals surface area contributed by atoms with Crippen LogP contribution in [0, 0.1) is 13.8 Å². The van der Waals surface area contributed by atoms with E-state index in [2.05, 4.69) is 39.0 Å². The number of ether oxygens (including phenoxy) is 1. The molecule has 0 saturated carbocycles. The number of rotatable bonds is 7. The predicted octanol–water partition coefficient (Wildman–Crippen LogP) is 5.27. The van der Waals surface area contributed by atoms with Gasteiger partial charge < -0.3 is 4.74 Å². The molecule has 0 bridgehead atoms. The minimum Gasteiger partial charge on any atom is -0.495 e. The summed E-state index contributed by atoms with van der Waals surface area (Å²) in [7, 11) is 0.376. The fraction of sp³-hybridized carbons (Fsp3) is 0.429. The zero-order valence-corrected chi connectivity index (χ0v) is 17.2. The number of hydrogen-bond acceptors (Lipinski definition) is 2. The van der Waals surface area contributed by atoms with Crippen molar-refractivity contribution in [2.45, 2.75) is 52.5 Å². The number of methoxy groups -OCH3 is 1. The minimum absolute atomic E-state index is 0.673. The Hall–Kier alpha value is -1.65. The molecule has 1 unspecified atom stereocenters. The first-order valence-electron chi connectivity index (χ1n) is 8.92. The van der Waals surface area contributed by atoms with E-state index in [-0.39, 0.29) is 0 Å². The molecule has 0 radical (unpaired) electrons. The van der Waals surface area contributed by atoms with E-state index >= 15 is 0 Å². The van der Waals surface area contributed by atoms with Gasteiger partial charge in [-0.1, -0.05) is 56.7 Å². The Morgan fingerprint density at radius 1 is 1.08 bits per heavy atom. The van der Waals surface area contributed by atoms with Crippen LogP contribution in [-0.4, -0.2) is 22.2 Å². The maximum absolute atomic E-state index is 13.1. The molecule has 0 saturated heterocycles. The van der Waals surface area contributed by atoms with Crippen LogP contribution in [0.1, 0.15) is 43.9 Å². The van der Waals surface area contributed by atoms with E-state index < -0.39 is 11.0 Å². The van der Waals surface area contributed by atoms with Crippen molar-refractivity contribution in [3.8, 4) is 5.75 Å². The van der Waals surface area contributed by atoms with Gasteiger partial charge in [0.15, 0.2) is 0 Å². The fourth-order valence-electron chi connectivity index (χ4n) is 2.53. The summed E-state index contributed by atoms with van der Waals surface area (Å²) < 4.78 is 20.5. The van der Waals surface area contributed by atoms with Gasteiger partial charge >= 0.3 is 0 Å². The van der Waals surface area contributed by atoms with E-state index in [0.29, 0.717) is 12.3 Å². The molecular weight excluding hydrogens is 330 g/mol. The summed E-state index contributed by atoms with van der Waals surface area (Å²) in [5, 5.41) is 0. The number of para-hydroxylation sites is 1. The highest BCUT2D eigenvalue weighted by Crippen LogP contribution is 2.25. The van der Waals surface area contributed by atoms with Gasteiger partial charge in [0, 0.05) is 13.1 Å². The first kappa shape index (κ1) is 21.4. The largest absolute Gasteiger partial charge is 0.495 e. The standard InChI is InChI=1S/C19H25NO2S.C2H6/c1-5-12-20(14-17-13-15(2)10-11-16(17)3)23(21)19-9-7-6-8-18(19)22-4;1-2/h6-11,13H,5,12,14H2,1-4H3;1-2H3. The lowest BCUT2D eigenvalue weighted by molar-refractivity contribution is 0.398. The highest BCUT2D eigenvalue weighted by molar-refractivity contribution is 7.82. The molecule has 2 aromatic carbocycles. The second-order valence-corrected chi connectivity index (χ2v) is 7.15. The molecule has 0 spiro atoms. The van der Waals surface area contributed by atoms with Gasteiger partial charge in [-0.15, -0.1) is 0 Å². The van der Waals surface area contributed by atoms with Gasteiger partial charge in [0.1, 0.15) is 16.7 Å². The third-order valence-electron chi connectivity index (χ3n) is 3.82. The zero-order chi connectivity index (χ0) is 18.8. The summed E-state index contributed by atoms with van der Waals surface area (Å²) in [6.45, 7) is 11.7. The number of hydrogen-bond donors (Lipinski definition) is 0. The molecule has 3 nitrogen and oxygen atoms in total. The molecule has 0 amide bonds. The average molecular weight is 362 g/mol. The molecule has 0 N–H and O–H groups in total. The average Bonchev–Trinajstić information content (AvgIpc) is 2.65. The summed E-state index contributed by atoms with van der Waals surface area (Å²) >= 11 is 0. The normalized spacial score (nSPS) is 11.6. The Balaban J connectivity index is 0.00000151. The zero-order valence-electron chi connectivity index (χ0n) is 16.3. The van der Waals surface area contributed by atoms with E-state index in [9.17, 15) is 4.21 Å².